The number of amides is 1. The van der Waals surface area contributed by atoms with E-state index in [0.29, 0.717) is 25.1 Å². The average Bonchev–Trinajstić information content (AvgIpc) is 3.17. The summed E-state index contributed by atoms with van der Waals surface area (Å²) in [4.78, 5) is 12.2. The molecule has 4 rings (SSSR count). The van der Waals surface area contributed by atoms with Gasteiger partial charge < -0.3 is 0 Å². The van der Waals surface area contributed by atoms with Crippen LogP contribution in [0.5, 0.6) is 0 Å². The number of nitrogens with one attached hydrogen (secondary N) is 1. The number of anilines is 1. The minimum absolute atomic E-state index is 0.120. The van der Waals surface area contributed by atoms with E-state index in [1.807, 2.05) is 30.3 Å². The Balaban J connectivity index is 1.51. The standard InChI is InChI=1S/C18H16N4O3S2/c23-16(14-7-2-1-3-8-14)19-17-20-21-18(26-17)27(24,25)22-11-10-13-6-4-5-9-15(13)12-22/h1-9H,10-12H2,(H,19,20,23). The molecule has 2 heterocycles. The third-order valence-corrected chi connectivity index (χ3v) is 7.35. The number of aromatic nitrogens is 2. The van der Waals surface area contributed by atoms with Crippen LogP contribution >= 0.6 is 11.3 Å². The first-order chi connectivity index (χ1) is 13.0. The molecule has 0 fully saturated rings. The summed E-state index contributed by atoms with van der Waals surface area (Å²) in [5.41, 5.74) is 2.62. The van der Waals surface area contributed by atoms with E-state index in [0.717, 1.165) is 22.5 Å². The van der Waals surface area contributed by atoms with Crippen molar-refractivity contribution in [1.29, 1.82) is 0 Å². The lowest BCUT2D eigenvalue weighted by molar-refractivity contribution is 0.102. The van der Waals surface area contributed by atoms with Crippen molar-refractivity contribution in [3.05, 3.63) is 71.3 Å². The summed E-state index contributed by atoms with van der Waals surface area (Å²) < 4.78 is 27.1. The number of benzene rings is 2. The molecule has 0 aliphatic carbocycles. The quantitative estimate of drug-likeness (QED) is 0.680. The fourth-order valence-electron chi connectivity index (χ4n) is 2.91. The number of hydrogen-bond donors (Lipinski definition) is 1. The van der Waals surface area contributed by atoms with E-state index in [-0.39, 0.29) is 15.4 Å². The number of hydrogen-bond acceptors (Lipinski definition) is 6. The van der Waals surface area contributed by atoms with Gasteiger partial charge >= 0.3 is 0 Å². The lowest BCUT2D eigenvalue weighted by atomic mass is 10.0. The van der Waals surface area contributed by atoms with Crippen LogP contribution < -0.4 is 5.32 Å². The van der Waals surface area contributed by atoms with Crippen molar-refractivity contribution in [1.82, 2.24) is 14.5 Å². The van der Waals surface area contributed by atoms with E-state index in [1.54, 1.807) is 24.3 Å². The van der Waals surface area contributed by atoms with Gasteiger partial charge in [-0.05, 0) is 29.7 Å². The fourth-order valence-corrected chi connectivity index (χ4v) is 5.36. The lowest BCUT2D eigenvalue weighted by Crippen LogP contribution is -2.35. The van der Waals surface area contributed by atoms with Gasteiger partial charge in [0.1, 0.15) is 0 Å². The van der Waals surface area contributed by atoms with Gasteiger partial charge in [0, 0.05) is 18.7 Å². The number of fused-ring (bicyclic) bond motifs is 1. The minimum Gasteiger partial charge on any atom is -0.296 e. The largest absolute Gasteiger partial charge is 0.296 e. The predicted molar refractivity (Wildman–Crippen MR) is 102 cm³/mol. The van der Waals surface area contributed by atoms with E-state index in [4.69, 9.17) is 0 Å². The Kier molecular flexibility index (Phi) is 4.73. The Morgan fingerprint density at radius 2 is 1.70 bits per heavy atom. The van der Waals surface area contributed by atoms with Crippen LogP contribution in [0.2, 0.25) is 0 Å². The molecule has 138 valence electrons. The molecule has 0 spiro atoms. The monoisotopic (exact) mass is 400 g/mol. The van der Waals surface area contributed by atoms with Crippen LogP contribution in [-0.2, 0) is 23.0 Å². The maximum Gasteiger partial charge on any atom is 0.272 e. The van der Waals surface area contributed by atoms with Crippen molar-refractivity contribution in [2.45, 2.75) is 17.3 Å². The van der Waals surface area contributed by atoms with E-state index >= 15 is 0 Å². The molecule has 1 aliphatic heterocycles. The minimum atomic E-state index is -3.76. The fraction of sp³-hybridized carbons (Fsp3) is 0.167. The van der Waals surface area contributed by atoms with Crippen LogP contribution in [0, 0.1) is 0 Å². The molecule has 1 aliphatic rings. The molecule has 0 unspecified atom stereocenters. The summed E-state index contributed by atoms with van der Waals surface area (Å²) in [5, 5.41) is 10.4. The molecule has 1 amide bonds. The van der Waals surface area contributed by atoms with Crippen LogP contribution in [0.4, 0.5) is 5.13 Å². The van der Waals surface area contributed by atoms with Crippen molar-refractivity contribution in [2.24, 2.45) is 0 Å². The molecular formula is C18H16N4O3S2. The second-order valence-electron chi connectivity index (χ2n) is 6.05. The van der Waals surface area contributed by atoms with Gasteiger partial charge in [-0.15, -0.1) is 10.2 Å². The van der Waals surface area contributed by atoms with Crippen molar-refractivity contribution >= 4 is 32.4 Å². The molecule has 0 saturated carbocycles. The first-order valence-corrected chi connectivity index (χ1v) is 10.6. The Hall–Kier alpha value is -2.62. The van der Waals surface area contributed by atoms with Gasteiger partial charge in [0.25, 0.3) is 15.9 Å². The van der Waals surface area contributed by atoms with Crippen LogP contribution in [0.15, 0.2) is 58.9 Å². The average molecular weight is 400 g/mol. The molecule has 0 atom stereocenters. The summed E-state index contributed by atoms with van der Waals surface area (Å²) in [5.74, 6) is -0.359. The molecule has 1 N–H and O–H groups in total. The van der Waals surface area contributed by atoms with E-state index in [2.05, 4.69) is 15.5 Å². The van der Waals surface area contributed by atoms with E-state index < -0.39 is 10.0 Å². The van der Waals surface area contributed by atoms with E-state index in [1.165, 1.54) is 4.31 Å². The summed E-state index contributed by atoms with van der Waals surface area (Å²) in [6.07, 6.45) is 0.659. The highest BCUT2D eigenvalue weighted by Crippen LogP contribution is 2.28. The first-order valence-electron chi connectivity index (χ1n) is 8.31. The lowest BCUT2D eigenvalue weighted by Gasteiger charge is -2.26. The third kappa shape index (κ3) is 3.61. The number of rotatable bonds is 4. The maximum absolute atomic E-state index is 12.9. The summed E-state index contributed by atoms with van der Waals surface area (Å²) >= 11 is 0.854. The van der Waals surface area contributed by atoms with Gasteiger partial charge in [0.05, 0.1) is 0 Å². The molecule has 3 aromatic rings. The maximum atomic E-state index is 12.9. The van der Waals surface area contributed by atoms with Gasteiger partial charge in [-0.3, -0.25) is 10.1 Å². The van der Waals surface area contributed by atoms with Crippen molar-refractivity contribution in [2.75, 3.05) is 11.9 Å². The van der Waals surface area contributed by atoms with Crippen LogP contribution in [-0.4, -0.2) is 35.4 Å². The topological polar surface area (TPSA) is 92.3 Å². The van der Waals surface area contributed by atoms with E-state index in [9.17, 15) is 13.2 Å². The molecule has 27 heavy (non-hydrogen) atoms. The zero-order chi connectivity index (χ0) is 18.9. The molecule has 0 radical (unpaired) electrons. The molecular weight excluding hydrogens is 384 g/mol. The summed E-state index contributed by atoms with van der Waals surface area (Å²) in [7, 11) is -3.76. The first kappa shape index (κ1) is 17.8. The Bertz CT molecular complexity index is 1080. The summed E-state index contributed by atoms with van der Waals surface area (Å²) in [6.45, 7) is 0.703. The van der Waals surface area contributed by atoms with Crippen LogP contribution in [0.3, 0.4) is 0 Å². The smallest absolute Gasteiger partial charge is 0.272 e. The molecule has 0 bridgehead atoms. The highest BCUT2D eigenvalue weighted by Gasteiger charge is 2.31. The zero-order valence-electron chi connectivity index (χ0n) is 14.2. The van der Waals surface area contributed by atoms with Crippen LogP contribution in [0.25, 0.3) is 0 Å². The van der Waals surface area contributed by atoms with Gasteiger partial charge in [-0.25, -0.2) is 8.42 Å². The third-order valence-electron chi connectivity index (χ3n) is 4.32. The van der Waals surface area contributed by atoms with Crippen LogP contribution in [0.1, 0.15) is 21.5 Å². The van der Waals surface area contributed by atoms with Crippen molar-refractivity contribution < 1.29 is 13.2 Å². The Labute approximate surface area is 160 Å². The van der Waals surface area contributed by atoms with Gasteiger partial charge in [0.15, 0.2) is 0 Å². The number of carbonyl (C=O) groups is 1. The van der Waals surface area contributed by atoms with Gasteiger partial charge in [-0.2, -0.15) is 4.31 Å². The Morgan fingerprint density at radius 3 is 2.48 bits per heavy atom. The van der Waals surface area contributed by atoms with Crippen molar-refractivity contribution in [3.8, 4) is 0 Å². The highest BCUT2D eigenvalue weighted by molar-refractivity contribution is 7.91. The SMILES string of the molecule is O=C(Nc1nnc(S(=O)(=O)N2CCc3ccccc3C2)s1)c1ccccc1. The number of nitrogens with zero attached hydrogens (tertiary/aromatic N) is 3. The molecule has 2 aromatic carbocycles. The molecule has 0 saturated heterocycles. The van der Waals surface area contributed by atoms with Gasteiger partial charge in [-0.1, -0.05) is 53.8 Å². The van der Waals surface area contributed by atoms with Crippen molar-refractivity contribution in [3.63, 3.8) is 0 Å². The summed E-state index contributed by atoms with van der Waals surface area (Å²) in [6, 6.07) is 16.4. The zero-order valence-corrected chi connectivity index (χ0v) is 15.8. The van der Waals surface area contributed by atoms with Gasteiger partial charge in [0.2, 0.25) is 9.47 Å². The molecule has 9 heteroatoms. The number of carbonyl (C=O) groups excluding carboxylic acids is 1. The highest BCUT2D eigenvalue weighted by atomic mass is 32.2. The Morgan fingerprint density at radius 1 is 1.00 bits per heavy atom. The normalized spacial score (nSPS) is 14.5. The molecule has 1 aromatic heterocycles. The molecule has 7 nitrogen and oxygen atoms in total. The second kappa shape index (κ2) is 7.18. The number of sulfonamides is 1. The second-order valence-corrected chi connectivity index (χ2v) is 9.14. The predicted octanol–water partition coefficient (Wildman–Crippen LogP) is 2.54.